The highest BCUT2D eigenvalue weighted by atomic mass is 16.5. The summed E-state index contributed by atoms with van der Waals surface area (Å²) in [6.07, 6.45) is 0.739. The van der Waals surface area contributed by atoms with Crippen LogP contribution in [0.2, 0.25) is 0 Å². The number of nitrogens with one attached hydrogen (secondary N) is 1. The molecule has 0 aliphatic carbocycles. The van der Waals surface area contributed by atoms with Crippen molar-refractivity contribution >= 4 is 17.5 Å². The van der Waals surface area contributed by atoms with Gasteiger partial charge in [0, 0.05) is 38.5 Å². The van der Waals surface area contributed by atoms with Crippen LogP contribution in [0.25, 0.3) is 0 Å². The Balaban J connectivity index is 1.54. The first kappa shape index (κ1) is 18.1. The second-order valence-electron chi connectivity index (χ2n) is 6.92. The lowest BCUT2D eigenvalue weighted by Gasteiger charge is -2.17. The number of anilines is 1. The lowest BCUT2D eigenvalue weighted by molar-refractivity contribution is -0.126. The Bertz CT molecular complexity index is 782. The fourth-order valence-electron chi connectivity index (χ4n) is 3.06. The highest BCUT2D eigenvalue weighted by Crippen LogP contribution is 2.26. The summed E-state index contributed by atoms with van der Waals surface area (Å²) in [5.41, 5.74) is 2.07. The maximum atomic E-state index is 12.4. The molecule has 2 amide bonds. The van der Waals surface area contributed by atoms with Gasteiger partial charge in [0.05, 0.1) is 5.92 Å². The van der Waals surface area contributed by atoms with Gasteiger partial charge in [0.15, 0.2) is 5.82 Å². The molecule has 138 valence electrons. The quantitative estimate of drug-likeness (QED) is 0.857. The van der Waals surface area contributed by atoms with Gasteiger partial charge in [-0.05, 0) is 23.6 Å². The minimum Gasteiger partial charge on any atom is -0.355 e. The van der Waals surface area contributed by atoms with E-state index >= 15 is 0 Å². The van der Waals surface area contributed by atoms with E-state index in [1.807, 2.05) is 24.3 Å². The van der Waals surface area contributed by atoms with Crippen LogP contribution in [-0.4, -0.2) is 35.0 Å². The lowest BCUT2D eigenvalue weighted by Crippen LogP contribution is -2.34. The normalized spacial score (nSPS) is 17.2. The standard InChI is InChI=1S/C19H24N4O3/c1-12(2)14-4-6-16(7-5-14)23-11-15(10-18(23)24)19(25)20-9-8-17-21-13(3)26-22-17/h4-7,12,15H,8-11H2,1-3H3,(H,20,25). The molecule has 1 aromatic carbocycles. The molecule has 7 heteroatoms. The molecule has 2 aromatic rings. The summed E-state index contributed by atoms with van der Waals surface area (Å²) in [5, 5.41) is 6.65. The number of aromatic nitrogens is 2. The molecular weight excluding hydrogens is 332 g/mol. The molecule has 0 saturated carbocycles. The van der Waals surface area contributed by atoms with Crippen molar-refractivity contribution in [3.63, 3.8) is 0 Å². The molecule has 3 rings (SSSR count). The van der Waals surface area contributed by atoms with E-state index in [0.717, 1.165) is 5.69 Å². The Morgan fingerprint density at radius 1 is 1.35 bits per heavy atom. The van der Waals surface area contributed by atoms with Gasteiger partial charge in [-0.15, -0.1) is 0 Å². The third kappa shape index (κ3) is 4.09. The van der Waals surface area contributed by atoms with E-state index in [0.29, 0.717) is 37.1 Å². The van der Waals surface area contributed by atoms with Crippen molar-refractivity contribution in [2.45, 2.75) is 39.5 Å². The molecule has 2 heterocycles. The molecule has 1 aromatic heterocycles. The third-order valence-electron chi connectivity index (χ3n) is 4.58. The molecule has 26 heavy (non-hydrogen) atoms. The minimum atomic E-state index is -0.334. The second kappa shape index (κ2) is 7.68. The maximum absolute atomic E-state index is 12.4. The number of aryl methyl sites for hydroxylation is 1. The van der Waals surface area contributed by atoms with Gasteiger partial charge >= 0.3 is 0 Å². The second-order valence-corrected chi connectivity index (χ2v) is 6.92. The van der Waals surface area contributed by atoms with E-state index in [9.17, 15) is 9.59 Å². The minimum absolute atomic E-state index is 0.0174. The zero-order valence-corrected chi connectivity index (χ0v) is 15.4. The van der Waals surface area contributed by atoms with Crippen molar-refractivity contribution in [1.82, 2.24) is 15.5 Å². The van der Waals surface area contributed by atoms with E-state index in [1.165, 1.54) is 5.56 Å². The molecular formula is C19H24N4O3. The van der Waals surface area contributed by atoms with Gasteiger partial charge in [-0.2, -0.15) is 4.98 Å². The van der Waals surface area contributed by atoms with E-state index in [4.69, 9.17) is 4.52 Å². The predicted molar refractivity (Wildman–Crippen MR) is 96.7 cm³/mol. The zero-order valence-electron chi connectivity index (χ0n) is 15.4. The van der Waals surface area contributed by atoms with Gasteiger partial charge in [-0.3, -0.25) is 9.59 Å². The van der Waals surface area contributed by atoms with Crippen LogP contribution in [0.3, 0.4) is 0 Å². The lowest BCUT2D eigenvalue weighted by atomic mass is 10.0. The number of nitrogens with zero attached hydrogens (tertiary/aromatic N) is 3. The molecule has 0 spiro atoms. The maximum Gasteiger partial charge on any atom is 0.227 e. The van der Waals surface area contributed by atoms with Crippen molar-refractivity contribution in [3.8, 4) is 0 Å². The topological polar surface area (TPSA) is 88.3 Å². The fraction of sp³-hybridized carbons (Fsp3) is 0.474. The number of hydrogen-bond donors (Lipinski definition) is 1. The number of rotatable bonds is 6. The Labute approximate surface area is 152 Å². The predicted octanol–water partition coefficient (Wildman–Crippen LogP) is 2.21. The highest BCUT2D eigenvalue weighted by molar-refractivity contribution is 6.00. The largest absolute Gasteiger partial charge is 0.355 e. The van der Waals surface area contributed by atoms with Gasteiger partial charge in [-0.1, -0.05) is 31.1 Å². The van der Waals surface area contributed by atoms with Crippen molar-refractivity contribution in [1.29, 1.82) is 0 Å². The molecule has 1 aliphatic rings. The fourth-order valence-corrected chi connectivity index (χ4v) is 3.06. The SMILES string of the molecule is Cc1nc(CCNC(=O)C2CC(=O)N(c3ccc(C(C)C)cc3)C2)no1. The molecule has 7 nitrogen and oxygen atoms in total. The molecule has 1 saturated heterocycles. The van der Waals surface area contributed by atoms with Gasteiger partial charge in [0.25, 0.3) is 0 Å². The smallest absolute Gasteiger partial charge is 0.227 e. The average Bonchev–Trinajstić information content (AvgIpc) is 3.20. The van der Waals surface area contributed by atoms with Crippen molar-refractivity contribution in [2.24, 2.45) is 5.92 Å². The van der Waals surface area contributed by atoms with E-state index in [1.54, 1.807) is 11.8 Å². The highest BCUT2D eigenvalue weighted by Gasteiger charge is 2.34. The van der Waals surface area contributed by atoms with E-state index in [2.05, 4.69) is 29.3 Å². The summed E-state index contributed by atoms with van der Waals surface area (Å²) in [6, 6.07) is 7.97. The van der Waals surface area contributed by atoms with E-state index < -0.39 is 0 Å². The zero-order chi connectivity index (χ0) is 18.7. The summed E-state index contributed by atoms with van der Waals surface area (Å²) in [5.74, 6) is 1.05. The molecule has 1 unspecified atom stereocenters. The Morgan fingerprint density at radius 3 is 2.69 bits per heavy atom. The van der Waals surface area contributed by atoms with Gasteiger partial charge in [0.2, 0.25) is 17.7 Å². The van der Waals surface area contributed by atoms with Crippen LogP contribution < -0.4 is 10.2 Å². The molecule has 0 radical (unpaired) electrons. The summed E-state index contributed by atoms with van der Waals surface area (Å²) >= 11 is 0. The van der Waals surface area contributed by atoms with Crippen LogP contribution in [0, 0.1) is 12.8 Å². The number of hydrogen-bond acceptors (Lipinski definition) is 5. The summed E-state index contributed by atoms with van der Waals surface area (Å²) < 4.78 is 4.90. The summed E-state index contributed by atoms with van der Waals surface area (Å²) in [7, 11) is 0. The Kier molecular flexibility index (Phi) is 5.35. The van der Waals surface area contributed by atoms with Crippen LogP contribution >= 0.6 is 0 Å². The van der Waals surface area contributed by atoms with Crippen molar-refractivity contribution < 1.29 is 14.1 Å². The van der Waals surface area contributed by atoms with Crippen molar-refractivity contribution in [3.05, 3.63) is 41.5 Å². The first-order valence-corrected chi connectivity index (χ1v) is 8.91. The Hall–Kier alpha value is -2.70. The Morgan fingerprint density at radius 2 is 2.08 bits per heavy atom. The van der Waals surface area contributed by atoms with Gasteiger partial charge in [-0.25, -0.2) is 0 Å². The number of carbonyl (C=O) groups excluding carboxylic acids is 2. The van der Waals surface area contributed by atoms with Crippen LogP contribution in [-0.2, 0) is 16.0 Å². The van der Waals surface area contributed by atoms with Crippen LogP contribution in [0.5, 0.6) is 0 Å². The van der Waals surface area contributed by atoms with Crippen LogP contribution in [0.1, 0.15) is 43.5 Å². The monoisotopic (exact) mass is 356 g/mol. The molecule has 1 fully saturated rings. The van der Waals surface area contributed by atoms with Crippen LogP contribution in [0.4, 0.5) is 5.69 Å². The van der Waals surface area contributed by atoms with Gasteiger partial charge < -0.3 is 14.7 Å². The number of benzene rings is 1. The molecule has 0 bridgehead atoms. The molecule has 1 aliphatic heterocycles. The summed E-state index contributed by atoms with van der Waals surface area (Å²) in [6.45, 7) is 6.82. The first-order chi connectivity index (χ1) is 12.4. The third-order valence-corrected chi connectivity index (χ3v) is 4.58. The number of amides is 2. The summed E-state index contributed by atoms with van der Waals surface area (Å²) in [4.78, 5) is 30.5. The van der Waals surface area contributed by atoms with Crippen molar-refractivity contribution in [2.75, 3.05) is 18.0 Å². The average molecular weight is 356 g/mol. The van der Waals surface area contributed by atoms with Gasteiger partial charge in [0.1, 0.15) is 0 Å². The molecule has 1 N–H and O–H groups in total. The molecule has 1 atom stereocenters. The van der Waals surface area contributed by atoms with Crippen LogP contribution in [0.15, 0.2) is 28.8 Å². The van der Waals surface area contributed by atoms with E-state index in [-0.39, 0.29) is 24.2 Å². The first-order valence-electron chi connectivity index (χ1n) is 8.91. The number of carbonyl (C=O) groups is 2.